The van der Waals surface area contributed by atoms with Crippen LogP contribution in [0.2, 0.25) is 0 Å². The first kappa shape index (κ1) is 11.7. The lowest BCUT2D eigenvalue weighted by Crippen LogP contribution is -2.52. The Kier molecular flexibility index (Phi) is 2.58. The van der Waals surface area contributed by atoms with Crippen molar-refractivity contribution in [3.05, 3.63) is 24.3 Å². The van der Waals surface area contributed by atoms with Crippen LogP contribution in [0.25, 0.3) is 0 Å². The van der Waals surface area contributed by atoms with E-state index in [4.69, 9.17) is 10.9 Å². The van der Waals surface area contributed by atoms with Crippen molar-refractivity contribution in [2.45, 2.75) is 4.90 Å². The third-order valence-electron chi connectivity index (χ3n) is 2.13. The van der Waals surface area contributed by atoms with Gasteiger partial charge in [0.1, 0.15) is 0 Å². The number of carbonyl (C=O) groups excluding carboxylic acids is 1. The second-order valence-corrected chi connectivity index (χ2v) is 7.18. The summed E-state index contributed by atoms with van der Waals surface area (Å²) in [5.41, 5.74) is 6.02. The van der Waals surface area contributed by atoms with Crippen molar-refractivity contribution in [3.63, 3.8) is 0 Å². The van der Waals surface area contributed by atoms with Crippen molar-refractivity contribution in [2.24, 2.45) is 5.14 Å². The Bertz CT molecular complexity index is 447. The summed E-state index contributed by atoms with van der Waals surface area (Å²) in [5, 5.41) is 7.30. The van der Waals surface area contributed by atoms with Crippen molar-refractivity contribution in [1.82, 2.24) is 5.32 Å². The molecule has 0 bridgehead atoms. The van der Waals surface area contributed by atoms with E-state index in [9.17, 15) is 9.00 Å². The van der Waals surface area contributed by atoms with Crippen LogP contribution in [-0.2, 0) is 9.25 Å². The van der Waals surface area contributed by atoms with Crippen LogP contribution in [0.5, 0.6) is 0 Å². The number of nitrogen functional groups attached to an aromatic ring is 1. The molecule has 6 heteroatoms. The van der Waals surface area contributed by atoms with Crippen LogP contribution >= 0.6 is 0 Å². The van der Waals surface area contributed by atoms with Gasteiger partial charge in [0.25, 0.3) is 0 Å². The summed E-state index contributed by atoms with van der Waals surface area (Å²) in [7, 11) is -2.58. The Morgan fingerprint density at radius 2 is 1.80 bits per heavy atom. The molecular formula is C9H15N3O2S. The Labute approximate surface area is 88.4 Å². The fraction of sp³-hybridized carbons (Fsp3) is 0.222. The van der Waals surface area contributed by atoms with E-state index in [1.54, 1.807) is 12.1 Å². The molecule has 1 rings (SSSR count). The van der Waals surface area contributed by atoms with Gasteiger partial charge in [-0.15, -0.1) is 0 Å². The molecule has 15 heavy (non-hydrogen) atoms. The maximum absolute atomic E-state index is 12.4. The van der Waals surface area contributed by atoms with Crippen molar-refractivity contribution in [1.29, 1.82) is 0 Å². The summed E-state index contributed by atoms with van der Waals surface area (Å²) < 4.78 is 12.4. The summed E-state index contributed by atoms with van der Waals surface area (Å²) >= 11 is 0. The van der Waals surface area contributed by atoms with Crippen LogP contribution in [0.3, 0.4) is 0 Å². The number of hydrogen-bond donors (Lipinski definition) is 3. The lowest BCUT2D eigenvalue weighted by Gasteiger charge is -2.31. The van der Waals surface area contributed by atoms with E-state index in [2.05, 4.69) is 5.32 Å². The molecule has 0 fully saturated rings. The van der Waals surface area contributed by atoms with Crippen LogP contribution in [0.1, 0.15) is 0 Å². The minimum atomic E-state index is -3.97. The van der Waals surface area contributed by atoms with Crippen LogP contribution in [0.15, 0.2) is 29.2 Å². The zero-order chi connectivity index (χ0) is 11.7. The summed E-state index contributed by atoms with van der Waals surface area (Å²) in [4.78, 5) is 11.8. The fourth-order valence-electron chi connectivity index (χ4n) is 1.17. The lowest BCUT2D eigenvalue weighted by atomic mass is 10.3. The third kappa shape index (κ3) is 2.00. The molecule has 5 N–H and O–H groups in total. The highest BCUT2D eigenvalue weighted by Crippen LogP contribution is 2.27. The number of benzene rings is 1. The lowest BCUT2D eigenvalue weighted by molar-refractivity contribution is 0.260. The smallest absolute Gasteiger partial charge is 0.303 e. The zero-order valence-corrected chi connectivity index (χ0v) is 9.51. The van der Waals surface area contributed by atoms with E-state index < -0.39 is 14.5 Å². The van der Waals surface area contributed by atoms with E-state index in [0.29, 0.717) is 5.69 Å². The molecule has 1 aromatic carbocycles. The molecule has 0 atom stereocenters. The molecule has 0 saturated heterocycles. The van der Waals surface area contributed by atoms with Gasteiger partial charge in [-0.05, 0) is 24.3 Å². The first-order valence-electron chi connectivity index (χ1n) is 4.28. The van der Waals surface area contributed by atoms with Gasteiger partial charge in [-0.2, -0.15) is 0 Å². The Hall–Kier alpha value is -1.40. The molecule has 1 aromatic rings. The molecule has 0 radical (unpaired) electrons. The monoisotopic (exact) mass is 229 g/mol. The fourth-order valence-corrected chi connectivity index (χ4v) is 2.70. The van der Waals surface area contributed by atoms with Gasteiger partial charge in [-0.3, -0.25) is 14.1 Å². The SMILES string of the molecule is CNC(=O)S(C)(N)(=O)c1ccc(N)cc1. The van der Waals surface area contributed by atoms with E-state index in [1.807, 2.05) is 0 Å². The van der Waals surface area contributed by atoms with Gasteiger partial charge in [-0.25, -0.2) is 0 Å². The van der Waals surface area contributed by atoms with E-state index in [1.165, 1.54) is 25.4 Å². The minimum Gasteiger partial charge on any atom is -0.399 e. The van der Waals surface area contributed by atoms with Crippen molar-refractivity contribution in [2.75, 3.05) is 19.0 Å². The molecular weight excluding hydrogens is 214 g/mol. The maximum Gasteiger partial charge on any atom is 0.303 e. The topological polar surface area (TPSA) is 98.2 Å². The van der Waals surface area contributed by atoms with Gasteiger partial charge in [-0.1, -0.05) is 0 Å². The number of nitrogens with one attached hydrogen (secondary N) is 1. The summed E-state index contributed by atoms with van der Waals surface area (Å²) in [5.74, 6) is 0. The van der Waals surface area contributed by atoms with Gasteiger partial charge >= 0.3 is 5.24 Å². The maximum atomic E-state index is 12.4. The standard InChI is InChI=1S/C9H15N3O2S/c1-12-9(13)15(2,11,14)8-5-3-7(10)4-6-8/h3-6H,10H2,1-2H3,(H2,11,14)(H,12,13). The summed E-state index contributed by atoms with van der Waals surface area (Å²) in [6.07, 6.45) is 1.24. The quantitative estimate of drug-likeness (QED) is 0.604. The Balaban J connectivity index is 3.33. The summed E-state index contributed by atoms with van der Waals surface area (Å²) in [6.45, 7) is 0. The molecule has 0 saturated carbocycles. The molecule has 0 aromatic heterocycles. The van der Waals surface area contributed by atoms with Gasteiger partial charge in [0.2, 0.25) is 0 Å². The van der Waals surface area contributed by atoms with Crippen LogP contribution in [-0.4, -0.2) is 22.8 Å². The third-order valence-corrected chi connectivity index (χ3v) is 4.70. The van der Waals surface area contributed by atoms with Gasteiger partial charge in [0.15, 0.2) is 0 Å². The van der Waals surface area contributed by atoms with Gasteiger partial charge in [0, 0.05) is 33.1 Å². The number of nitrogens with two attached hydrogens (primary N) is 2. The van der Waals surface area contributed by atoms with Crippen LogP contribution in [0.4, 0.5) is 10.5 Å². The zero-order valence-electron chi connectivity index (χ0n) is 8.69. The number of carbonyl (C=O) groups is 1. The minimum absolute atomic E-state index is 0.278. The number of hydrogen-bond acceptors (Lipinski definition) is 3. The molecule has 1 amide bonds. The Morgan fingerprint density at radius 1 is 1.33 bits per heavy atom. The molecule has 0 aliphatic carbocycles. The predicted molar refractivity (Wildman–Crippen MR) is 61.8 cm³/mol. The second-order valence-electron chi connectivity index (χ2n) is 3.52. The van der Waals surface area contributed by atoms with Gasteiger partial charge in [0.05, 0.1) is 0 Å². The average molecular weight is 229 g/mol. The van der Waals surface area contributed by atoms with E-state index >= 15 is 0 Å². The Morgan fingerprint density at radius 3 is 2.20 bits per heavy atom. The molecule has 84 valence electrons. The highest BCUT2D eigenvalue weighted by atomic mass is 32.3. The largest absolute Gasteiger partial charge is 0.399 e. The summed E-state index contributed by atoms with van der Waals surface area (Å²) in [6, 6.07) is 6.11. The van der Waals surface area contributed by atoms with Crippen molar-refractivity contribution in [3.8, 4) is 0 Å². The predicted octanol–water partition coefficient (Wildman–Crippen LogP) is 0.291. The molecule has 0 aliphatic heterocycles. The van der Waals surface area contributed by atoms with E-state index in [0.717, 1.165) is 0 Å². The van der Waals surface area contributed by atoms with Gasteiger partial charge < -0.3 is 11.1 Å². The number of rotatable bonds is 1. The first-order chi connectivity index (χ1) is 6.76. The first-order valence-corrected chi connectivity index (χ1v) is 6.72. The highest BCUT2D eigenvalue weighted by molar-refractivity contribution is 8.29. The van der Waals surface area contributed by atoms with Crippen LogP contribution in [0, 0.1) is 0 Å². The normalized spacial score (nSPS) is 13.9. The molecule has 0 unspecified atom stereocenters. The number of amides is 1. The molecule has 0 aliphatic rings. The number of anilines is 1. The average Bonchev–Trinajstić information content (AvgIpc) is 2.16. The van der Waals surface area contributed by atoms with Crippen molar-refractivity contribution < 1.29 is 9.00 Å². The highest BCUT2D eigenvalue weighted by Gasteiger charge is 2.36. The van der Waals surface area contributed by atoms with Crippen LogP contribution < -0.4 is 16.2 Å². The molecule has 5 nitrogen and oxygen atoms in total. The van der Waals surface area contributed by atoms with Crippen molar-refractivity contribution >= 4 is 20.2 Å². The molecule has 0 spiro atoms. The second kappa shape index (κ2) is 3.32. The van der Waals surface area contributed by atoms with E-state index in [-0.39, 0.29) is 4.90 Å². The molecule has 0 heterocycles.